The SMILES string of the molecule is CN=C(NCC(C)(C)N1CCCCC1)NC1CCN(S(=O)(=O)C(F)(F)F)CC1.I. The first-order valence-corrected chi connectivity index (χ1v) is 11.2. The molecule has 0 amide bonds. The summed E-state index contributed by atoms with van der Waals surface area (Å²) in [6, 6.07) is -0.121. The summed E-state index contributed by atoms with van der Waals surface area (Å²) in [5.41, 5.74) is -5.28. The Hall–Kier alpha value is -0.340. The molecule has 2 aliphatic heterocycles. The molecule has 2 N–H and O–H groups in total. The molecule has 0 spiro atoms. The maximum absolute atomic E-state index is 12.7. The maximum Gasteiger partial charge on any atom is 0.511 e. The molecule has 2 rings (SSSR count). The quantitative estimate of drug-likeness (QED) is 0.310. The summed E-state index contributed by atoms with van der Waals surface area (Å²) in [6.07, 6.45) is 4.27. The van der Waals surface area contributed by atoms with Crippen LogP contribution < -0.4 is 10.6 Å². The lowest BCUT2D eigenvalue weighted by Crippen LogP contribution is -2.56. The molecule has 0 unspecified atom stereocenters. The van der Waals surface area contributed by atoms with E-state index < -0.39 is 15.5 Å². The fraction of sp³-hybridized carbons (Fsp3) is 0.941. The third-order valence-electron chi connectivity index (χ3n) is 5.55. The van der Waals surface area contributed by atoms with Crippen molar-refractivity contribution in [1.29, 1.82) is 0 Å². The molecule has 0 atom stereocenters. The smallest absolute Gasteiger partial charge is 0.355 e. The lowest BCUT2D eigenvalue weighted by molar-refractivity contribution is -0.0494. The van der Waals surface area contributed by atoms with Gasteiger partial charge in [-0.05, 0) is 52.6 Å². The number of sulfonamides is 1. The Labute approximate surface area is 188 Å². The van der Waals surface area contributed by atoms with Crippen LogP contribution in [0.5, 0.6) is 0 Å². The Kier molecular flexibility index (Phi) is 9.94. The minimum Gasteiger partial charge on any atom is -0.355 e. The first-order valence-electron chi connectivity index (χ1n) is 9.76. The van der Waals surface area contributed by atoms with Gasteiger partial charge in [0.15, 0.2) is 5.96 Å². The van der Waals surface area contributed by atoms with Gasteiger partial charge in [0, 0.05) is 38.3 Å². The fourth-order valence-corrected chi connectivity index (χ4v) is 4.67. The van der Waals surface area contributed by atoms with Gasteiger partial charge in [0.2, 0.25) is 0 Å². The molecule has 172 valence electrons. The Morgan fingerprint density at radius 3 is 2.10 bits per heavy atom. The molecule has 0 radical (unpaired) electrons. The molecule has 2 saturated heterocycles. The number of alkyl halides is 3. The number of rotatable bonds is 5. The van der Waals surface area contributed by atoms with Crippen LogP contribution in [0.2, 0.25) is 0 Å². The summed E-state index contributed by atoms with van der Waals surface area (Å²) < 4.78 is 61.5. The van der Waals surface area contributed by atoms with Crippen LogP contribution in [0, 0.1) is 0 Å². The molecule has 29 heavy (non-hydrogen) atoms. The third-order valence-corrected chi connectivity index (χ3v) is 7.18. The minimum atomic E-state index is -5.25. The molecule has 12 heteroatoms. The lowest BCUT2D eigenvalue weighted by atomic mass is 9.98. The fourth-order valence-electron chi connectivity index (χ4n) is 3.69. The van der Waals surface area contributed by atoms with E-state index in [0.29, 0.717) is 29.7 Å². The van der Waals surface area contributed by atoms with Gasteiger partial charge in [0.25, 0.3) is 0 Å². The Balaban J connectivity index is 0.00000420. The van der Waals surface area contributed by atoms with Crippen LogP contribution in [0.15, 0.2) is 4.99 Å². The van der Waals surface area contributed by atoms with Crippen molar-refractivity contribution >= 4 is 40.0 Å². The van der Waals surface area contributed by atoms with Crippen LogP contribution in [0.3, 0.4) is 0 Å². The first kappa shape index (κ1) is 26.7. The largest absolute Gasteiger partial charge is 0.511 e. The second-order valence-electron chi connectivity index (χ2n) is 8.05. The van der Waals surface area contributed by atoms with Crippen LogP contribution in [-0.2, 0) is 10.0 Å². The Bertz CT molecular complexity index is 644. The summed E-state index contributed by atoms with van der Waals surface area (Å²) in [6.45, 7) is 6.89. The van der Waals surface area contributed by atoms with Gasteiger partial charge < -0.3 is 10.6 Å². The molecule has 0 aliphatic carbocycles. The molecule has 2 heterocycles. The molecule has 0 aromatic carbocycles. The highest BCUT2D eigenvalue weighted by Gasteiger charge is 2.50. The van der Waals surface area contributed by atoms with Gasteiger partial charge in [-0.15, -0.1) is 24.0 Å². The predicted octanol–water partition coefficient (Wildman–Crippen LogP) is 2.35. The van der Waals surface area contributed by atoms with Gasteiger partial charge in [-0.2, -0.15) is 17.5 Å². The molecule has 2 aliphatic rings. The van der Waals surface area contributed by atoms with Crippen molar-refractivity contribution in [2.24, 2.45) is 4.99 Å². The summed E-state index contributed by atoms with van der Waals surface area (Å²) in [5, 5.41) is 6.51. The van der Waals surface area contributed by atoms with Gasteiger partial charge in [0.05, 0.1) is 0 Å². The zero-order valence-electron chi connectivity index (χ0n) is 17.3. The number of guanidine groups is 1. The van der Waals surface area contributed by atoms with E-state index in [4.69, 9.17) is 0 Å². The van der Waals surface area contributed by atoms with E-state index in [9.17, 15) is 21.6 Å². The number of likely N-dealkylation sites (tertiary alicyclic amines) is 1. The molecule has 0 bridgehead atoms. The van der Waals surface area contributed by atoms with Gasteiger partial charge in [-0.1, -0.05) is 6.42 Å². The highest BCUT2D eigenvalue weighted by molar-refractivity contribution is 14.0. The third kappa shape index (κ3) is 7.10. The van der Waals surface area contributed by atoms with Crippen LogP contribution in [-0.4, -0.2) is 80.4 Å². The molecular weight excluding hydrogens is 522 g/mol. The molecule has 7 nitrogen and oxygen atoms in total. The zero-order chi connectivity index (χ0) is 21.0. The highest BCUT2D eigenvalue weighted by Crippen LogP contribution is 2.29. The number of nitrogens with zero attached hydrogens (tertiary/aromatic N) is 3. The number of piperidine rings is 2. The van der Waals surface area contributed by atoms with Crippen LogP contribution in [0.1, 0.15) is 46.0 Å². The summed E-state index contributed by atoms with van der Waals surface area (Å²) in [4.78, 5) is 6.66. The van der Waals surface area contributed by atoms with Crippen molar-refractivity contribution < 1.29 is 21.6 Å². The summed E-state index contributed by atoms with van der Waals surface area (Å²) in [5.74, 6) is 0.585. The van der Waals surface area contributed by atoms with Crippen molar-refractivity contribution in [1.82, 2.24) is 19.8 Å². The van der Waals surface area contributed by atoms with Crippen molar-refractivity contribution in [2.45, 2.75) is 63.0 Å². The maximum atomic E-state index is 12.7. The molecule has 2 fully saturated rings. The van der Waals surface area contributed by atoms with Crippen LogP contribution in [0.25, 0.3) is 0 Å². The van der Waals surface area contributed by atoms with E-state index in [1.165, 1.54) is 19.3 Å². The Morgan fingerprint density at radius 1 is 1.07 bits per heavy atom. The summed E-state index contributed by atoms with van der Waals surface area (Å²) in [7, 11) is -3.60. The minimum absolute atomic E-state index is 0. The van der Waals surface area contributed by atoms with E-state index in [1.54, 1.807) is 7.05 Å². The zero-order valence-corrected chi connectivity index (χ0v) is 20.4. The number of nitrogens with one attached hydrogen (secondary N) is 2. The predicted molar refractivity (Wildman–Crippen MR) is 119 cm³/mol. The highest BCUT2D eigenvalue weighted by atomic mass is 127. The second-order valence-corrected chi connectivity index (χ2v) is 9.98. The number of hydrogen-bond acceptors (Lipinski definition) is 4. The van der Waals surface area contributed by atoms with E-state index in [1.807, 2.05) is 0 Å². The van der Waals surface area contributed by atoms with E-state index >= 15 is 0 Å². The standard InChI is InChI=1S/C17H32F3N5O2S.HI/c1-16(2,24-9-5-4-6-10-24)13-22-15(21-3)23-14-7-11-25(12-8-14)28(26,27)17(18,19)20;/h14H,4-13H2,1-3H3,(H2,21,22,23);1H. The monoisotopic (exact) mass is 555 g/mol. The van der Waals surface area contributed by atoms with Gasteiger partial charge in [0.1, 0.15) is 0 Å². The van der Waals surface area contributed by atoms with Crippen LogP contribution in [0.4, 0.5) is 13.2 Å². The van der Waals surface area contributed by atoms with E-state index in [2.05, 4.69) is 34.4 Å². The van der Waals surface area contributed by atoms with Gasteiger partial charge in [-0.3, -0.25) is 9.89 Å². The second kappa shape index (κ2) is 10.8. The number of aliphatic imine (C=N–C) groups is 1. The lowest BCUT2D eigenvalue weighted by Gasteiger charge is -2.41. The molecule has 0 aromatic rings. The van der Waals surface area contributed by atoms with Crippen molar-refractivity contribution in [2.75, 3.05) is 39.8 Å². The topological polar surface area (TPSA) is 77.0 Å². The van der Waals surface area contributed by atoms with Crippen molar-refractivity contribution in [3.63, 3.8) is 0 Å². The van der Waals surface area contributed by atoms with Gasteiger partial charge >= 0.3 is 15.5 Å². The van der Waals surface area contributed by atoms with Crippen LogP contribution >= 0.6 is 24.0 Å². The molecule has 0 saturated carbocycles. The normalized spacial score (nSPS) is 21.5. The summed E-state index contributed by atoms with van der Waals surface area (Å²) >= 11 is 0. The Morgan fingerprint density at radius 2 is 1.62 bits per heavy atom. The number of halogens is 4. The average Bonchev–Trinajstić information content (AvgIpc) is 2.65. The van der Waals surface area contributed by atoms with E-state index in [0.717, 1.165) is 13.1 Å². The van der Waals surface area contributed by atoms with Crippen molar-refractivity contribution in [3.05, 3.63) is 0 Å². The van der Waals surface area contributed by atoms with E-state index in [-0.39, 0.29) is 48.6 Å². The molecule has 0 aromatic heterocycles. The average molecular weight is 555 g/mol. The van der Waals surface area contributed by atoms with Gasteiger partial charge in [-0.25, -0.2) is 8.42 Å². The molecular formula is C17H33F3IN5O2S. The van der Waals surface area contributed by atoms with Crippen molar-refractivity contribution in [3.8, 4) is 0 Å². The first-order chi connectivity index (χ1) is 13.0. The number of hydrogen-bond donors (Lipinski definition) is 2.